The highest BCUT2D eigenvalue weighted by atomic mass is 35.5. The van der Waals surface area contributed by atoms with E-state index in [0.717, 1.165) is 21.3 Å². The number of rotatable bonds is 6. The Morgan fingerprint density at radius 2 is 1.88 bits per heavy atom. The number of nitrogens with one attached hydrogen (secondary N) is 1. The minimum atomic E-state index is 0.0193. The first-order valence-corrected chi connectivity index (χ1v) is 10.1. The van der Waals surface area contributed by atoms with Crippen LogP contribution < -0.4 is 5.32 Å². The number of hydrogen-bond donors (Lipinski definition) is 1. The summed E-state index contributed by atoms with van der Waals surface area (Å²) >= 11 is 9.10. The predicted molar refractivity (Wildman–Crippen MR) is 108 cm³/mol. The Balaban J connectivity index is 1.48. The molecule has 3 aromatic rings. The quantitative estimate of drug-likeness (QED) is 0.535. The molecule has 1 heterocycles. The maximum atomic E-state index is 12.0. The summed E-state index contributed by atoms with van der Waals surface area (Å²) in [6, 6.07) is 15.4. The fraction of sp³-hybridized carbons (Fsp3) is 0.158. The molecule has 0 aliphatic carbocycles. The molecule has 0 unspecified atom stereocenters. The summed E-state index contributed by atoms with van der Waals surface area (Å²) in [6.07, 6.45) is 0.453. The number of halogens is 1. The Labute approximate surface area is 160 Å². The molecule has 0 aliphatic heterocycles. The summed E-state index contributed by atoms with van der Waals surface area (Å²) in [6.45, 7) is 2.02. The predicted octanol–water partition coefficient (Wildman–Crippen LogP) is 5.89. The summed E-state index contributed by atoms with van der Waals surface area (Å²) < 4.78 is 0.966. The SMILES string of the molecule is Cc1ccc(NC(=O)CCSc2nc(-c3ccc(Cl)cc3)cs2)cc1. The van der Waals surface area contributed by atoms with E-state index >= 15 is 0 Å². The molecule has 6 heteroatoms. The van der Waals surface area contributed by atoms with Crippen molar-refractivity contribution in [2.75, 3.05) is 11.1 Å². The third-order valence-electron chi connectivity index (χ3n) is 3.51. The van der Waals surface area contributed by atoms with Crippen molar-refractivity contribution in [1.82, 2.24) is 4.98 Å². The van der Waals surface area contributed by atoms with Crippen LogP contribution in [-0.2, 0) is 4.79 Å². The zero-order valence-corrected chi connectivity index (χ0v) is 16.0. The molecule has 1 amide bonds. The second-order valence-corrected chi connectivity index (χ2v) is 8.15. The van der Waals surface area contributed by atoms with Gasteiger partial charge in [0, 0.05) is 33.8 Å². The molecule has 0 spiro atoms. The number of benzene rings is 2. The number of aromatic nitrogens is 1. The van der Waals surface area contributed by atoms with Crippen molar-refractivity contribution >= 4 is 46.3 Å². The molecule has 0 saturated carbocycles. The Bertz CT molecular complexity index is 845. The van der Waals surface area contributed by atoms with E-state index in [1.807, 2.05) is 60.8 Å². The minimum absolute atomic E-state index is 0.0193. The van der Waals surface area contributed by atoms with E-state index in [1.165, 1.54) is 5.56 Å². The fourth-order valence-electron chi connectivity index (χ4n) is 2.17. The average Bonchev–Trinajstić information content (AvgIpc) is 3.06. The Hall–Kier alpha value is -1.82. The molecule has 25 heavy (non-hydrogen) atoms. The van der Waals surface area contributed by atoms with E-state index in [2.05, 4.69) is 10.3 Å². The van der Waals surface area contributed by atoms with Gasteiger partial charge in [-0.3, -0.25) is 4.79 Å². The Morgan fingerprint density at radius 3 is 2.60 bits per heavy atom. The van der Waals surface area contributed by atoms with Crippen LogP contribution in [0.1, 0.15) is 12.0 Å². The van der Waals surface area contributed by atoms with Gasteiger partial charge in [-0.15, -0.1) is 11.3 Å². The number of thioether (sulfide) groups is 1. The summed E-state index contributed by atoms with van der Waals surface area (Å²) in [5.41, 5.74) is 3.99. The van der Waals surface area contributed by atoms with Gasteiger partial charge in [-0.2, -0.15) is 0 Å². The van der Waals surface area contributed by atoms with Crippen molar-refractivity contribution in [3.05, 3.63) is 64.5 Å². The first-order chi connectivity index (χ1) is 12.1. The summed E-state index contributed by atoms with van der Waals surface area (Å²) in [5.74, 6) is 0.719. The third-order valence-corrected chi connectivity index (χ3v) is 5.79. The largest absolute Gasteiger partial charge is 0.326 e. The standard InChI is InChI=1S/C19H17ClN2OS2/c1-13-2-8-16(9-3-13)21-18(23)10-11-24-19-22-17(12-25-19)14-4-6-15(20)7-5-14/h2-9,12H,10-11H2,1H3,(H,21,23). The van der Waals surface area contributed by atoms with Crippen molar-refractivity contribution in [2.24, 2.45) is 0 Å². The lowest BCUT2D eigenvalue weighted by Crippen LogP contribution is -2.12. The molecule has 3 nitrogen and oxygen atoms in total. The normalized spacial score (nSPS) is 10.6. The first-order valence-electron chi connectivity index (χ1n) is 7.81. The molecular weight excluding hydrogens is 372 g/mol. The zero-order valence-electron chi connectivity index (χ0n) is 13.7. The van der Waals surface area contributed by atoms with Crippen molar-refractivity contribution in [3.63, 3.8) is 0 Å². The molecule has 128 valence electrons. The smallest absolute Gasteiger partial charge is 0.225 e. The number of carbonyl (C=O) groups excluding carboxylic acids is 1. The van der Waals surface area contributed by atoms with Gasteiger partial charge >= 0.3 is 0 Å². The van der Waals surface area contributed by atoms with Crippen molar-refractivity contribution in [3.8, 4) is 11.3 Å². The zero-order chi connectivity index (χ0) is 17.6. The number of hydrogen-bond acceptors (Lipinski definition) is 4. The number of carbonyl (C=O) groups is 1. The monoisotopic (exact) mass is 388 g/mol. The molecule has 0 atom stereocenters. The van der Waals surface area contributed by atoms with E-state index in [9.17, 15) is 4.79 Å². The van der Waals surface area contributed by atoms with Gasteiger partial charge in [0.15, 0.2) is 4.34 Å². The van der Waals surface area contributed by atoms with Gasteiger partial charge in [0.05, 0.1) is 5.69 Å². The van der Waals surface area contributed by atoms with E-state index in [4.69, 9.17) is 11.6 Å². The molecule has 3 rings (SSSR count). The third kappa shape index (κ3) is 5.33. The molecule has 0 saturated heterocycles. The molecule has 2 aromatic carbocycles. The van der Waals surface area contributed by atoms with E-state index in [1.54, 1.807) is 23.1 Å². The highest BCUT2D eigenvalue weighted by Crippen LogP contribution is 2.29. The van der Waals surface area contributed by atoms with Crippen LogP contribution in [-0.4, -0.2) is 16.6 Å². The van der Waals surface area contributed by atoms with Gasteiger partial charge in [0.2, 0.25) is 5.91 Å². The van der Waals surface area contributed by atoms with Crippen LogP contribution in [0.3, 0.4) is 0 Å². The number of aryl methyl sites for hydroxylation is 1. The number of thiazole rings is 1. The summed E-state index contributed by atoms with van der Waals surface area (Å²) in [4.78, 5) is 16.6. The van der Waals surface area contributed by atoms with Gasteiger partial charge in [0.1, 0.15) is 0 Å². The molecule has 0 bridgehead atoms. The van der Waals surface area contributed by atoms with Crippen molar-refractivity contribution in [2.45, 2.75) is 17.7 Å². The summed E-state index contributed by atoms with van der Waals surface area (Å²) in [5, 5.41) is 5.65. The lowest BCUT2D eigenvalue weighted by Gasteiger charge is -2.04. The molecule has 1 aromatic heterocycles. The van der Waals surface area contributed by atoms with Crippen LogP contribution in [0.15, 0.2) is 58.3 Å². The van der Waals surface area contributed by atoms with E-state index in [0.29, 0.717) is 17.2 Å². The van der Waals surface area contributed by atoms with Crippen molar-refractivity contribution in [1.29, 1.82) is 0 Å². The number of anilines is 1. The fourth-order valence-corrected chi connectivity index (χ4v) is 4.14. The second-order valence-electron chi connectivity index (χ2n) is 5.52. The van der Waals surface area contributed by atoms with E-state index < -0.39 is 0 Å². The van der Waals surface area contributed by atoms with Crippen LogP contribution in [0.5, 0.6) is 0 Å². The maximum Gasteiger partial charge on any atom is 0.225 e. The van der Waals surface area contributed by atoms with Crippen LogP contribution in [0.2, 0.25) is 5.02 Å². The van der Waals surface area contributed by atoms with Crippen LogP contribution >= 0.6 is 34.7 Å². The van der Waals surface area contributed by atoms with Crippen molar-refractivity contribution < 1.29 is 4.79 Å². The molecule has 1 N–H and O–H groups in total. The van der Waals surface area contributed by atoms with Crippen LogP contribution in [0.4, 0.5) is 5.69 Å². The van der Waals surface area contributed by atoms with Gasteiger partial charge in [-0.25, -0.2) is 4.98 Å². The van der Waals surface area contributed by atoms with Gasteiger partial charge in [-0.05, 0) is 31.2 Å². The number of nitrogens with zero attached hydrogens (tertiary/aromatic N) is 1. The number of amides is 1. The van der Waals surface area contributed by atoms with Gasteiger partial charge < -0.3 is 5.32 Å². The molecule has 0 radical (unpaired) electrons. The molecular formula is C19H17ClN2OS2. The average molecular weight is 389 g/mol. The Kier molecular flexibility index (Phi) is 6.13. The molecule has 0 fully saturated rings. The van der Waals surface area contributed by atoms with E-state index in [-0.39, 0.29) is 5.91 Å². The second kappa shape index (κ2) is 8.52. The first kappa shape index (κ1) is 18.0. The maximum absolute atomic E-state index is 12.0. The Morgan fingerprint density at radius 1 is 1.16 bits per heavy atom. The van der Waals surface area contributed by atoms with Crippen LogP contribution in [0.25, 0.3) is 11.3 Å². The highest BCUT2D eigenvalue weighted by Gasteiger charge is 2.07. The molecule has 0 aliphatic rings. The minimum Gasteiger partial charge on any atom is -0.326 e. The summed E-state index contributed by atoms with van der Waals surface area (Å²) in [7, 11) is 0. The highest BCUT2D eigenvalue weighted by molar-refractivity contribution is 8.01. The topological polar surface area (TPSA) is 42.0 Å². The van der Waals surface area contributed by atoms with Crippen LogP contribution in [0, 0.1) is 6.92 Å². The lowest BCUT2D eigenvalue weighted by molar-refractivity contribution is -0.115. The van der Waals surface area contributed by atoms with Gasteiger partial charge in [-0.1, -0.05) is 53.2 Å². The van der Waals surface area contributed by atoms with Gasteiger partial charge in [0.25, 0.3) is 0 Å². The lowest BCUT2D eigenvalue weighted by atomic mass is 10.2.